The number of furan rings is 1. The highest BCUT2D eigenvalue weighted by Crippen LogP contribution is 2.27. The predicted octanol–water partition coefficient (Wildman–Crippen LogP) is 4.49. The van der Waals surface area contributed by atoms with Gasteiger partial charge in [-0.1, -0.05) is 24.3 Å². The van der Waals surface area contributed by atoms with Crippen molar-refractivity contribution in [3.05, 3.63) is 84.6 Å². The number of fused-ring (bicyclic) bond motifs is 1. The van der Waals surface area contributed by atoms with Gasteiger partial charge < -0.3 is 19.2 Å². The fraction of sp³-hybridized carbons (Fsp3) is 0.208. The number of aromatic nitrogens is 2. The van der Waals surface area contributed by atoms with Gasteiger partial charge in [-0.2, -0.15) is 0 Å². The van der Waals surface area contributed by atoms with E-state index in [1.165, 1.54) is 0 Å². The molecule has 1 N–H and O–H groups in total. The van der Waals surface area contributed by atoms with E-state index in [1.54, 1.807) is 48.7 Å². The van der Waals surface area contributed by atoms with E-state index >= 15 is 0 Å². The van der Waals surface area contributed by atoms with E-state index in [-0.39, 0.29) is 17.9 Å². The Labute approximate surface area is 180 Å². The van der Waals surface area contributed by atoms with Crippen LogP contribution in [0.1, 0.15) is 35.5 Å². The van der Waals surface area contributed by atoms with Crippen LogP contribution in [-0.4, -0.2) is 33.3 Å². The standard InChI is InChI=1S/C24H24N4O3/c1-17(22-15-18-6-3-4-9-21(18)31-22)27(2)24(30)19-7-5-8-20(14-19)26-23(29)10-12-28-13-11-25-16-28/h3-9,11,13-17H,10,12H2,1-2H3,(H,26,29). The van der Waals surface area contributed by atoms with Crippen molar-refractivity contribution in [1.29, 1.82) is 0 Å². The zero-order valence-electron chi connectivity index (χ0n) is 17.5. The maximum atomic E-state index is 13.1. The van der Waals surface area contributed by atoms with Crippen LogP contribution in [0, 0.1) is 0 Å². The number of rotatable bonds is 7. The first kappa shape index (κ1) is 20.4. The van der Waals surface area contributed by atoms with Gasteiger partial charge >= 0.3 is 0 Å². The number of para-hydroxylation sites is 1. The molecule has 0 bridgehead atoms. The third kappa shape index (κ3) is 4.66. The van der Waals surface area contributed by atoms with Crippen LogP contribution < -0.4 is 5.32 Å². The molecule has 31 heavy (non-hydrogen) atoms. The SMILES string of the molecule is CC(c1cc2ccccc2o1)N(C)C(=O)c1cccc(NC(=O)CCn2ccnc2)c1. The van der Waals surface area contributed by atoms with Gasteiger partial charge in [0.05, 0.1) is 12.4 Å². The number of aryl methyl sites for hydroxylation is 1. The van der Waals surface area contributed by atoms with Crippen LogP contribution in [0.15, 0.2) is 77.7 Å². The molecule has 0 radical (unpaired) electrons. The Morgan fingerprint density at radius 3 is 2.77 bits per heavy atom. The number of benzene rings is 2. The number of carbonyl (C=O) groups excluding carboxylic acids is 2. The minimum Gasteiger partial charge on any atom is -0.459 e. The van der Waals surface area contributed by atoms with Gasteiger partial charge in [0.2, 0.25) is 5.91 Å². The molecular formula is C24H24N4O3. The van der Waals surface area contributed by atoms with Gasteiger partial charge in [0.25, 0.3) is 5.91 Å². The summed E-state index contributed by atoms with van der Waals surface area (Å²) in [5.41, 5.74) is 1.88. The fourth-order valence-electron chi connectivity index (χ4n) is 3.38. The van der Waals surface area contributed by atoms with E-state index in [1.807, 2.05) is 48.0 Å². The molecule has 158 valence electrons. The monoisotopic (exact) mass is 416 g/mol. The second-order valence-corrected chi connectivity index (χ2v) is 7.46. The molecule has 2 aromatic heterocycles. The molecule has 0 saturated carbocycles. The first-order valence-corrected chi connectivity index (χ1v) is 10.1. The third-order valence-corrected chi connectivity index (χ3v) is 5.31. The van der Waals surface area contributed by atoms with E-state index in [2.05, 4.69) is 10.3 Å². The van der Waals surface area contributed by atoms with Gasteiger partial charge in [-0.15, -0.1) is 0 Å². The maximum absolute atomic E-state index is 13.1. The summed E-state index contributed by atoms with van der Waals surface area (Å²) < 4.78 is 7.75. The lowest BCUT2D eigenvalue weighted by atomic mass is 10.1. The minimum absolute atomic E-state index is 0.123. The summed E-state index contributed by atoms with van der Waals surface area (Å²) in [6.07, 6.45) is 5.48. The van der Waals surface area contributed by atoms with Crippen molar-refractivity contribution in [2.24, 2.45) is 0 Å². The summed E-state index contributed by atoms with van der Waals surface area (Å²) in [6, 6.07) is 16.5. The van der Waals surface area contributed by atoms with E-state index in [0.717, 1.165) is 16.7 Å². The Hall–Kier alpha value is -3.87. The lowest BCUT2D eigenvalue weighted by Crippen LogP contribution is -2.29. The number of imidazole rings is 1. The van der Waals surface area contributed by atoms with Crippen molar-refractivity contribution in [1.82, 2.24) is 14.5 Å². The van der Waals surface area contributed by atoms with E-state index in [4.69, 9.17) is 4.42 Å². The Balaban J connectivity index is 1.42. The molecule has 0 spiro atoms. The molecule has 0 aliphatic rings. The van der Waals surface area contributed by atoms with Crippen molar-refractivity contribution in [2.45, 2.75) is 25.9 Å². The normalized spacial score (nSPS) is 11.9. The van der Waals surface area contributed by atoms with Crippen LogP contribution in [0.25, 0.3) is 11.0 Å². The van der Waals surface area contributed by atoms with Gasteiger partial charge in [0, 0.05) is 49.0 Å². The molecule has 7 heteroatoms. The number of hydrogen-bond donors (Lipinski definition) is 1. The van der Waals surface area contributed by atoms with Crippen LogP contribution >= 0.6 is 0 Å². The molecule has 0 saturated heterocycles. The maximum Gasteiger partial charge on any atom is 0.254 e. The fourth-order valence-corrected chi connectivity index (χ4v) is 3.38. The van der Waals surface area contributed by atoms with Gasteiger partial charge in [0.1, 0.15) is 11.3 Å². The molecule has 1 atom stereocenters. The van der Waals surface area contributed by atoms with Crippen molar-refractivity contribution in [2.75, 3.05) is 12.4 Å². The summed E-state index contributed by atoms with van der Waals surface area (Å²) in [4.78, 5) is 30.9. The lowest BCUT2D eigenvalue weighted by molar-refractivity contribution is -0.116. The summed E-state index contributed by atoms with van der Waals surface area (Å²) in [5, 5.41) is 3.86. The highest BCUT2D eigenvalue weighted by molar-refractivity contribution is 5.97. The third-order valence-electron chi connectivity index (χ3n) is 5.31. The van der Waals surface area contributed by atoms with Gasteiger partial charge in [0.15, 0.2) is 0 Å². The molecule has 0 fully saturated rings. The van der Waals surface area contributed by atoms with Gasteiger partial charge in [-0.05, 0) is 37.3 Å². The second-order valence-electron chi connectivity index (χ2n) is 7.46. The van der Waals surface area contributed by atoms with Crippen molar-refractivity contribution < 1.29 is 14.0 Å². The highest BCUT2D eigenvalue weighted by Gasteiger charge is 2.22. The number of hydrogen-bond acceptors (Lipinski definition) is 4. The molecule has 2 amide bonds. The molecule has 2 heterocycles. The summed E-state index contributed by atoms with van der Waals surface area (Å²) in [6.45, 7) is 2.47. The van der Waals surface area contributed by atoms with Crippen LogP contribution in [0.2, 0.25) is 0 Å². The largest absolute Gasteiger partial charge is 0.459 e. The quantitative estimate of drug-likeness (QED) is 0.481. The average Bonchev–Trinajstić information content (AvgIpc) is 3.46. The predicted molar refractivity (Wildman–Crippen MR) is 119 cm³/mol. The molecule has 0 aliphatic heterocycles. The molecular weight excluding hydrogens is 392 g/mol. The minimum atomic E-state index is -0.242. The smallest absolute Gasteiger partial charge is 0.254 e. The number of anilines is 1. The summed E-state index contributed by atoms with van der Waals surface area (Å²) >= 11 is 0. The zero-order valence-corrected chi connectivity index (χ0v) is 17.5. The van der Waals surface area contributed by atoms with E-state index < -0.39 is 0 Å². The Morgan fingerprint density at radius 2 is 2.00 bits per heavy atom. The number of nitrogens with zero attached hydrogens (tertiary/aromatic N) is 3. The zero-order chi connectivity index (χ0) is 21.8. The summed E-state index contributed by atoms with van der Waals surface area (Å²) in [5.74, 6) is 0.450. The first-order valence-electron chi connectivity index (χ1n) is 10.1. The molecule has 4 aromatic rings. The first-order chi connectivity index (χ1) is 15.0. The van der Waals surface area contributed by atoms with Crippen molar-refractivity contribution in [3.8, 4) is 0 Å². The topological polar surface area (TPSA) is 80.4 Å². The molecule has 7 nitrogen and oxygen atoms in total. The Morgan fingerprint density at radius 1 is 1.16 bits per heavy atom. The van der Waals surface area contributed by atoms with Crippen LogP contribution in [-0.2, 0) is 11.3 Å². The van der Waals surface area contributed by atoms with Gasteiger partial charge in [-0.25, -0.2) is 4.98 Å². The lowest BCUT2D eigenvalue weighted by Gasteiger charge is -2.23. The Bertz CT molecular complexity index is 1160. The van der Waals surface area contributed by atoms with Crippen LogP contribution in [0.5, 0.6) is 0 Å². The number of carbonyl (C=O) groups is 2. The molecule has 1 unspecified atom stereocenters. The van der Waals surface area contributed by atoms with Crippen molar-refractivity contribution in [3.63, 3.8) is 0 Å². The average molecular weight is 416 g/mol. The van der Waals surface area contributed by atoms with E-state index in [9.17, 15) is 9.59 Å². The molecule has 4 rings (SSSR count). The second kappa shape index (κ2) is 8.87. The molecule has 2 aromatic carbocycles. The number of nitrogens with one attached hydrogen (secondary N) is 1. The van der Waals surface area contributed by atoms with Crippen molar-refractivity contribution >= 4 is 28.5 Å². The molecule has 0 aliphatic carbocycles. The summed E-state index contributed by atoms with van der Waals surface area (Å²) in [7, 11) is 1.75. The van der Waals surface area contributed by atoms with E-state index in [0.29, 0.717) is 24.2 Å². The van der Waals surface area contributed by atoms with Gasteiger partial charge in [-0.3, -0.25) is 9.59 Å². The van der Waals surface area contributed by atoms with Crippen LogP contribution in [0.4, 0.5) is 5.69 Å². The highest BCUT2D eigenvalue weighted by atomic mass is 16.3. The van der Waals surface area contributed by atoms with Crippen LogP contribution in [0.3, 0.4) is 0 Å². The number of amides is 2. The Kier molecular flexibility index (Phi) is 5.84.